The van der Waals surface area contributed by atoms with E-state index in [1.54, 1.807) is 17.8 Å². The Kier molecular flexibility index (Phi) is 6.13. The Bertz CT molecular complexity index is 1100. The fourth-order valence-corrected chi connectivity index (χ4v) is 5.73. The first-order chi connectivity index (χ1) is 14.5. The van der Waals surface area contributed by atoms with E-state index in [-0.39, 0.29) is 6.42 Å². The highest BCUT2D eigenvalue weighted by Gasteiger charge is 2.29. The summed E-state index contributed by atoms with van der Waals surface area (Å²) < 4.78 is 34.5. The normalized spacial score (nSPS) is 14.1. The Balaban J connectivity index is 1.66. The maximum absolute atomic E-state index is 12.3. The van der Waals surface area contributed by atoms with Gasteiger partial charge in [0.15, 0.2) is 0 Å². The maximum atomic E-state index is 12.3. The fourth-order valence-electron chi connectivity index (χ4n) is 3.79. The number of hydrogen-bond donors (Lipinski definition) is 1. The van der Waals surface area contributed by atoms with Gasteiger partial charge in [-0.05, 0) is 49.2 Å². The van der Waals surface area contributed by atoms with E-state index < -0.39 is 15.4 Å². The lowest BCUT2D eigenvalue weighted by Gasteiger charge is -2.33. The number of nitrogens with zero attached hydrogens (tertiary/aromatic N) is 2. The summed E-state index contributed by atoms with van der Waals surface area (Å²) in [6, 6.07) is 21.6. The highest BCUT2D eigenvalue weighted by molar-refractivity contribution is 7.99. The van der Waals surface area contributed by atoms with Gasteiger partial charge in [0.1, 0.15) is 5.25 Å². The highest BCUT2D eigenvalue weighted by atomic mass is 32.2. The zero-order valence-electron chi connectivity index (χ0n) is 16.7. The van der Waals surface area contributed by atoms with Crippen molar-refractivity contribution in [3.05, 3.63) is 78.1 Å². The highest BCUT2D eigenvalue weighted by Crippen LogP contribution is 2.48. The Morgan fingerprint density at radius 1 is 0.967 bits per heavy atom. The van der Waals surface area contributed by atoms with Gasteiger partial charge in [0.25, 0.3) is 10.1 Å². The van der Waals surface area contributed by atoms with Crippen molar-refractivity contribution in [1.82, 2.24) is 4.98 Å². The minimum absolute atomic E-state index is 0.231. The second-order valence-corrected chi connectivity index (χ2v) is 9.97. The lowest BCUT2D eigenvalue weighted by molar-refractivity contribution is 0.463. The third-order valence-corrected chi connectivity index (χ3v) is 7.50. The Hall–Kier alpha value is -2.35. The van der Waals surface area contributed by atoms with Crippen molar-refractivity contribution in [3.8, 4) is 0 Å². The van der Waals surface area contributed by atoms with Crippen molar-refractivity contribution in [1.29, 1.82) is 0 Å². The van der Waals surface area contributed by atoms with Gasteiger partial charge in [-0.15, -0.1) is 0 Å². The van der Waals surface area contributed by atoms with E-state index in [0.717, 1.165) is 39.7 Å². The number of aryl methyl sites for hydroxylation is 1. The summed E-state index contributed by atoms with van der Waals surface area (Å²) in [5, 5.41) is -1.07. The molecule has 5 nitrogen and oxygen atoms in total. The van der Waals surface area contributed by atoms with Crippen molar-refractivity contribution < 1.29 is 13.0 Å². The van der Waals surface area contributed by atoms with Crippen LogP contribution in [0, 0.1) is 0 Å². The third-order valence-electron chi connectivity index (χ3n) is 5.17. The van der Waals surface area contributed by atoms with Crippen molar-refractivity contribution in [3.63, 3.8) is 0 Å². The Morgan fingerprint density at radius 2 is 1.60 bits per heavy atom. The van der Waals surface area contributed by atoms with E-state index in [1.807, 2.05) is 48.5 Å². The SMILES string of the molecule is CCCc1cccc(C(CCN2c3ccccc3Sc3ccccc32)S(=O)(=O)O)n1. The van der Waals surface area contributed by atoms with E-state index in [2.05, 4.69) is 28.9 Å². The number of benzene rings is 2. The molecule has 1 aromatic heterocycles. The van der Waals surface area contributed by atoms with Crippen molar-refractivity contribution in [2.24, 2.45) is 0 Å². The zero-order valence-corrected chi connectivity index (χ0v) is 18.4. The Morgan fingerprint density at radius 3 is 2.20 bits per heavy atom. The number of fused-ring (bicyclic) bond motifs is 2. The molecule has 30 heavy (non-hydrogen) atoms. The summed E-state index contributed by atoms with van der Waals surface area (Å²) in [4.78, 5) is 8.91. The molecule has 3 aromatic rings. The molecule has 0 radical (unpaired) electrons. The fraction of sp³-hybridized carbons (Fsp3) is 0.261. The summed E-state index contributed by atoms with van der Waals surface area (Å²) >= 11 is 1.71. The quantitative estimate of drug-likeness (QED) is 0.478. The molecule has 1 aliphatic rings. The first kappa shape index (κ1) is 20.9. The molecule has 0 fully saturated rings. The van der Waals surface area contributed by atoms with Gasteiger partial charge in [0.05, 0.1) is 17.1 Å². The molecule has 1 aliphatic heterocycles. The standard InChI is InChI=1S/C23H24N2O3S2/c1-2-8-17-9-7-10-18(24-17)23(30(26,27)28)15-16-25-19-11-3-5-13-21(19)29-22-14-6-4-12-20(22)25/h3-7,9-14,23H,2,8,15-16H2,1H3,(H,26,27,28). The second-order valence-electron chi connectivity index (χ2n) is 7.29. The molecular formula is C23H24N2O3S2. The summed E-state index contributed by atoms with van der Waals surface area (Å²) in [5.41, 5.74) is 3.33. The van der Waals surface area contributed by atoms with Crippen LogP contribution in [-0.2, 0) is 16.5 Å². The van der Waals surface area contributed by atoms with Crippen LogP contribution < -0.4 is 4.90 Å². The third kappa shape index (κ3) is 4.38. The van der Waals surface area contributed by atoms with E-state index in [0.29, 0.717) is 12.2 Å². The number of hydrogen-bond acceptors (Lipinski definition) is 5. The topological polar surface area (TPSA) is 70.5 Å². The zero-order chi connectivity index (χ0) is 21.1. The molecule has 1 atom stereocenters. The number of pyridine rings is 1. The molecule has 7 heteroatoms. The maximum Gasteiger partial charge on any atom is 0.273 e. The number of rotatable bonds is 7. The molecule has 0 saturated carbocycles. The van der Waals surface area contributed by atoms with Gasteiger partial charge in [0, 0.05) is 22.0 Å². The lowest BCUT2D eigenvalue weighted by atomic mass is 10.1. The van der Waals surface area contributed by atoms with Crippen molar-refractivity contribution >= 4 is 33.3 Å². The second kappa shape index (κ2) is 8.79. The largest absolute Gasteiger partial charge is 0.340 e. The minimum Gasteiger partial charge on any atom is -0.340 e. The average Bonchev–Trinajstić information content (AvgIpc) is 2.73. The number of anilines is 2. The summed E-state index contributed by atoms with van der Waals surface area (Å²) in [7, 11) is -4.30. The predicted octanol–water partition coefficient (Wildman–Crippen LogP) is 5.66. The molecule has 0 spiro atoms. The summed E-state index contributed by atoms with van der Waals surface area (Å²) in [6.45, 7) is 2.50. The van der Waals surface area contributed by atoms with Gasteiger partial charge < -0.3 is 4.90 Å². The van der Waals surface area contributed by atoms with Crippen LogP contribution in [0.3, 0.4) is 0 Å². The molecule has 0 bridgehead atoms. The van der Waals surface area contributed by atoms with E-state index in [9.17, 15) is 13.0 Å². The average molecular weight is 441 g/mol. The van der Waals surface area contributed by atoms with Crippen LogP contribution in [0.2, 0.25) is 0 Å². The first-order valence-electron chi connectivity index (χ1n) is 10.0. The summed E-state index contributed by atoms with van der Waals surface area (Å²) in [6.07, 6.45) is 1.93. The molecule has 0 amide bonds. The van der Waals surface area contributed by atoms with Crippen LogP contribution in [0.25, 0.3) is 0 Å². The van der Waals surface area contributed by atoms with Gasteiger partial charge >= 0.3 is 0 Å². The Labute approximate surface area is 181 Å². The minimum atomic E-state index is -4.30. The van der Waals surface area contributed by atoms with Crippen LogP contribution >= 0.6 is 11.8 Å². The van der Waals surface area contributed by atoms with Gasteiger partial charge in [-0.1, -0.05) is 55.4 Å². The van der Waals surface area contributed by atoms with Crippen molar-refractivity contribution in [2.45, 2.75) is 41.2 Å². The smallest absolute Gasteiger partial charge is 0.273 e. The first-order valence-corrected chi connectivity index (χ1v) is 12.3. The van der Waals surface area contributed by atoms with E-state index in [1.165, 1.54) is 0 Å². The van der Waals surface area contributed by atoms with Crippen LogP contribution in [0.15, 0.2) is 76.5 Å². The molecule has 1 unspecified atom stereocenters. The van der Waals surface area contributed by atoms with Gasteiger partial charge in [-0.25, -0.2) is 0 Å². The van der Waals surface area contributed by atoms with Gasteiger partial charge in [-0.2, -0.15) is 8.42 Å². The lowest BCUT2D eigenvalue weighted by Crippen LogP contribution is -2.26. The molecule has 2 aromatic carbocycles. The monoisotopic (exact) mass is 440 g/mol. The molecule has 1 N–H and O–H groups in total. The molecule has 156 valence electrons. The van der Waals surface area contributed by atoms with Gasteiger partial charge in [0.2, 0.25) is 0 Å². The van der Waals surface area contributed by atoms with Crippen LogP contribution in [-0.4, -0.2) is 24.5 Å². The molecule has 2 heterocycles. The van der Waals surface area contributed by atoms with E-state index in [4.69, 9.17) is 0 Å². The molecular weight excluding hydrogens is 416 g/mol. The molecule has 0 saturated heterocycles. The number of para-hydroxylation sites is 2. The molecule has 0 aliphatic carbocycles. The summed E-state index contributed by atoms with van der Waals surface area (Å²) in [5.74, 6) is 0. The van der Waals surface area contributed by atoms with Crippen LogP contribution in [0.1, 0.15) is 36.4 Å². The van der Waals surface area contributed by atoms with Gasteiger partial charge in [-0.3, -0.25) is 9.54 Å². The van der Waals surface area contributed by atoms with Crippen LogP contribution in [0.5, 0.6) is 0 Å². The van der Waals surface area contributed by atoms with Crippen LogP contribution in [0.4, 0.5) is 11.4 Å². The van der Waals surface area contributed by atoms with Crippen molar-refractivity contribution in [2.75, 3.05) is 11.4 Å². The number of aromatic nitrogens is 1. The predicted molar refractivity (Wildman–Crippen MR) is 121 cm³/mol. The van der Waals surface area contributed by atoms with E-state index >= 15 is 0 Å². The molecule has 4 rings (SSSR count).